The molecule has 11 heavy (non-hydrogen) atoms. The van der Waals surface area contributed by atoms with E-state index in [9.17, 15) is 4.79 Å². The van der Waals surface area contributed by atoms with Gasteiger partial charge < -0.3 is 4.74 Å². The first kappa shape index (κ1) is 8.31. The minimum atomic E-state index is -0.186. The molecular formula is C9H14O2. The first-order chi connectivity index (χ1) is 5.18. The van der Waals surface area contributed by atoms with Gasteiger partial charge in [-0.2, -0.15) is 0 Å². The number of rotatable bonds is 1. The third-order valence-corrected chi connectivity index (χ3v) is 1.84. The number of carbonyl (C=O) groups is 1. The van der Waals surface area contributed by atoms with Crippen LogP contribution < -0.4 is 0 Å². The molecule has 2 heteroatoms. The number of esters is 1. The molecule has 0 spiro atoms. The fourth-order valence-corrected chi connectivity index (χ4v) is 1.33. The Morgan fingerprint density at radius 2 is 2.36 bits per heavy atom. The minimum absolute atomic E-state index is 0.0243. The summed E-state index contributed by atoms with van der Waals surface area (Å²) in [5.41, 5.74) is 0. The number of hydrogen-bond donors (Lipinski definition) is 0. The summed E-state index contributed by atoms with van der Waals surface area (Å²) in [6.07, 6.45) is 6.16. The predicted molar refractivity (Wildman–Crippen MR) is 43.1 cm³/mol. The van der Waals surface area contributed by atoms with E-state index in [0.717, 1.165) is 12.8 Å². The lowest BCUT2D eigenvalue weighted by Crippen LogP contribution is -2.19. The Bertz CT molecular complexity index is 172. The second-order valence-corrected chi connectivity index (χ2v) is 3.15. The number of hydrogen-bond acceptors (Lipinski definition) is 2. The van der Waals surface area contributed by atoms with Crippen molar-refractivity contribution >= 4 is 5.97 Å². The molecular weight excluding hydrogens is 140 g/mol. The van der Waals surface area contributed by atoms with E-state index in [2.05, 4.69) is 13.0 Å². The van der Waals surface area contributed by atoms with Crippen molar-refractivity contribution in [3.63, 3.8) is 0 Å². The molecule has 0 saturated heterocycles. The predicted octanol–water partition coefficient (Wildman–Crippen LogP) is 1.90. The molecule has 0 heterocycles. The van der Waals surface area contributed by atoms with Crippen LogP contribution in [0, 0.1) is 5.92 Å². The molecule has 0 bridgehead atoms. The van der Waals surface area contributed by atoms with Crippen LogP contribution in [-0.4, -0.2) is 12.1 Å². The zero-order valence-electron chi connectivity index (χ0n) is 7.04. The zero-order chi connectivity index (χ0) is 8.27. The Kier molecular flexibility index (Phi) is 2.69. The molecule has 0 radical (unpaired) electrons. The van der Waals surface area contributed by atoms with Gasteiger partial charge in [-0.15, -0.1) is 0 Å². The first-order valence-corrected chi connectivity index (χ1v) is 4.02. The van der Waals surface area contributed by atoms with Crippen LogP contribution in [0.15, 0.2) is 12.2 Å². The van der Waals surface area contributed by atoms with E-state index < -0.39 is 0 Å². The molecule has 0 amide bonds. The summed E-state index contributed by atoms with van der Waals surface area (Å²) in [5.74, 6) is 0.457. The topological polar surface area (TPSA) is 26.3 Å². The molecule has 0 fully saturated rings. The Morgan fingerprint density at radius 3 is 2.91 bits per heavy atom. The highest BCUT2D eigenvalue weighted by molar-refractivity contribution is 5.66. The van der Waals surface area contributed by atoms with Crippen LogP contribution in [0.2, 0.25) is 0 Å². The van der Waals surface area contributed by atoms with E-state index in [4.69, 9.17) is 4.74 Å². The third kappa shape index (κ3) is 2.74. The molecule has 2 atom stereocenters. The molecule has 1 rings (SSSR count). The lowest BCUT2D eigenvalue weighted by molar-refractivity contribution is -0.144. The summed E-state index contributed by atoms with van der Waals surface area (Å²) in [6.45, 7) is 3.62. The number of ether oxygens (including phenoxy) is 1. The van der Waals surface area contributed by atoms with E-state index in [1.54, 1.807) is 0 Å². The average molecular weight is 154 g/mol. The first-order valence-electron chi connectivity index (χ1n) is 4.02. The summed E-state index contributed by atoms with van der Waals surface area (Å²) in [5, 5.41) is 0. The van der Waals surface area contributed by atoms with Crippen molar-refractivity contribution in [1.82, 2.24) is 0 Å². The molecule has 2 nitrogen and oxygen atoms in total. The monoisotopic (exact) mass is 154 g/mol. The SMILES string of the molecule is CC(=O)O[C@@H]1C=CC[C@@H](C)C1. The molecule has 0 aromatic carbocycles. The Labute approximate surface area is 67.2 Å². The van der Waals surface area contributed by atoms with Crippen LogP contribution >= 0.6 is 0 Å². The normalized spacial score (nSPS) is 30.0. The van der Waals surface area contributed by atoms with E-state index >= 15 is 0 Å². The Hall–Kier alpha value is -0.790. The Morgan fingerprint density at radius 1 is 1.64 bits per heavy atom. The summed E-state index contributed by atoms with van der Waals surface area (Å²) < 4.78 is 5.04. The molecule has 1 aliphatic carbocycles. The van der Waals surface area contributed by atoms with E-state index in [1.165, 1.54) is 6.92 Å². The van der Waals surface area contributed by atoms with E-state index in [-0.39, 0.29) is 12.1 Å². The molecule has 0 aliphatic heterocycles. The standard InChI is InChI=1S/C9H14O2/c1-7-4-3-5-9(6-7)11-8(2)10/h3,5,7,9H,4,6H2,1-2H3/t7-,9-/m1/s1. The maximum atomic E-state index is 10.6. The molecule has 62 valence electrons. The molecule has 0 N–H and O–H groups in total. The molecule has 1 aliphatic rings. The van der Waals surface area contributed by atoms with Gasteiger partial charge in [0.1, 0.15) is 6.10 Å². The van der Waals surface area contributed by atoms with Crippen molar-refractivity contribution < 1.29 is 9.53 Å². The van der Waals surface area contributed by atoms with Gasteiger partial charge in [0.05, 0.1) is 0 Å². The zero-order valence-corrected chi connectivity index (χ0v) is 7.04. The van der Waals surface area contributed by atoms with Gasteiger partial charge in [-0.3, -0.25) is 4.79 Å². The van der Waals surface area contributed by atoms with Gasteiger partial charge in [0.2, 0.25) is 0 Å². The maximum Gasteiger partial charge on any atom is 0.303 e. The lowest BCUT2D eigenvalue weighted by atomic mass is 9.94. The van der Waals surface area contributed by atoms with Crippen molar-refractivity contribution in [1.29, 1.82) is 0 Å². The molecule has 0 saturated carbocycles. The quantitative estimate of drug-likeness (QED) is 0.426. The van der Waals surface area contributed by atoms with Gasteiger partial charge in [-0.1, -0.05) is 13.0 Å². The van der Waals surface area contributed by atoms with Crippen LogP contribution in [0.25, 0.3) is 0 Å². The number of carbonyl (C=O) groups excluding carboxylic acids is 1. The van der Waals surface area contributed by atoms with Crippen molar-refractivity contribution in [2.45, 2.75) is 32.8 Å². The van der Waals surface area contributed by atoms with E-state index in [0.29, 0.717) is 5.92 Å². The van der Waals surface area contributed by atoms with Gasteiger partial charge in [0, 0.05) is 6.92 Å². The number of allylic oxidation sites excluding steroid dienone is 1. The van der Waals surface area contributed by atoms with Crippen molar-refractivity contribution in [2.24, 2.45) is 5.92 Å². The molecule has 0 aromatic heterocycles. The van der Waals surface area contributed by atoms with Crippen LogP contribution in [0.1, 0.15) is 26.7 Å². The summed E-state index contributed by atoms with van der Waals surface area (Å²) in [6, 6.07) is 0. The second kappa shape index (κ2) is 3.56. The van der Waals surface area contributed by atoms with Gasteiger partial charge >= 0.3 is 5.97 Å². The molecule has 0 aromatic rings. The highest BCUT2D eigenvalue weighted by atomic mass is 16.5. The van der Waals surface area contributed by atoms with Crippen LogP contribution in [-0.2, 0) is 9.53 Å². The highest BCUT2D eigenvalue weighted by Crippen LogP contribution is 2.19. The average Bonchev–Trinajstić information content (AvgIpc) is 1.85. The minimum Gasteiger partial charge on any atom is -0.458 e. The second-order valence-electron chi connectivity index (χ2n) is 3.15. The molecule has 0 unspecified atom stereocenters. The third-order valence-electron chi connectivity index (χ3n) is 1.84. The smallest absolute Gasteiger partial charge is 0.303 e. The largest absolute Gasteiger partial charge is 0.458 e. The maximum absolute atomic E-state index is 10.6. The van der Waals surface area contributed by atoms with Crippen LogP contribution in [0.5, 0.6) is 0 Å². The van der Waals surface area contributed by atoms with Crippen LogP contribution in [0.4, 0.5) is 0 Å². The van der Waals surface area contributed by atoms with Crippen molar-refractivity contribution in [3.05, 3.63) is 12.2 Å². The fourth-order valence-electron chi connectivity index (χ4n) is 1.33. The fraction of sp³-hybridized carbons (Fsp3) is 0.667. The van der Waals surface area contributed by atoms with Crippen molar-refractivity contribution in [3.8, 4) is 0 Å². The van der Waals surface area contributed by atoms with Gasteiger partial charge in [0.15, 0.2) is 0 Å². The Balaban J connectivity index is 2.40. The summed E-state index contributed by atoms with van der Waals surface area (Å²) >= 11 is 0. The lowest BCUT2D eigenvalue weighted by Gasteiger charge is -2.20. The van der Waals surface area contributed by atoms with Gasteiger partial charge in [0.25, 0.3) is 0 Å². The summed E-state index contributed by atoms with van der Waals surface area (Å²) in [4.78, 5) is 10.6. The van der Waals surface area contributed by atoms with Crippen LogP contribution in [0.3, 0.4) is 0 Å². The van der Waals surface area contributed by atoms with Crippen molar-refractivity contribution in [2.75, 3.05) is 0 Å². The van der Waals surface area contributed by atoms with Gasteiger partial charge in [-0.05, 0) is 24.8 Å². The van der Waals surface area contributed by atoms with Gasteiger partial charge in [-0.25, -0.2) is 0 Å². The summed E-state index contributed by atoms with van der Waals surface area (Å²) in [7, 11) is 0. The van der Waals surface area contributed by atoms with E-state index in [1.807, 2.05) is 6.08 Å². The highest BCUT2D eigenvalue weighted by Gasteiger charge is 2.15.